The van der Waals surface area contributed by atoms with E-state index in [1.807, 2.05) is 7.05 Å². The van der Waals surface area contributed by atoms with Gasteiger partial charge in [-0.2, -0.15) is 5.26 Å². The number of nitrogens with zero attached hydrogens (tertiary/aromatic N) is 2. The fraction of sp³-hybridized carbons (Fsp3) is 0.480. The van der Waals surface area contributed by atoms with Crippen molar-refractivity contribution in [2.24, 2.45) is 0 Å². The van der Waals surface area contributed by atoms with Crippen LogP contribution in [0.1, 0.15) is 62.6 Å². The summed E-state index contributed by atoms with van der Waals surface area (Å²) in [4.78, 5) is 2.53. The minimum absolute atomic E-state index is 0.566. The average Bonchev–Trinajstić information content (AvgIpc) is 2.74. The Morgan fingerprint density at radius 3 is 2.14 bits per heavy atom. The van der Waals surface area contributed by atoms with Gasteiger partial charge in [-0.3, -0.25) is 0 Å². The first-order valence-corrected chi connectivity index (χ1v) is 10.7. The van der Waals surface area contributed by atoms with Gasteiger partial charge in [0.2, 0.25) is 0 Å². The number of rotatable bonds is 12. The van der Waals surface area contributed by atoms with Crippen molar-refractivity contribution in [3.05, 3.63) is 59.2 Å². The van der Waals surface area contributed by atoms with Gasteiger partial charge < -0.3 is 10.2 Å². The normalized spacial score (nSPS) is 10.5. The smallest absolute Gasteiger partial charge is 0.0625 e. The predicted molar refractivity (Wildman–Crippen MR) is 121 cm³/mol. The molecule has 0 atom stereocenters. The lowest BCUT2D eigenvalue weighted by atomic mass is 9.99. The third kappa shape index (κ3) is 6.60. The number of hydrogen-bond donors (Lipinski definition) is 1. The lowest BCUT2D eigenvalue weighted by Gasteiger charge is -2.25. The molecule has 2 aromatic carbocycles. The zero-order chi connectivity index (χ0) is 20.2. The maximum atomic E-state index is 8.79. The number of hydrogen-bond acceptors (Lipinski definition) is 3. The molecule has 1 N–H and O–H groups in total. The van der Waals surface area contributed by atoms with E-state index in [0.717, 1.165) is 31.6 Å². The molecule has 2 rings (SSSR count). The summed E-state index contributed by atoms with van der Waals surface area (Å²) in [6.45, 7) is 6.80. The van der Waals surface area contributed by atoms with Crippen LogP contribution in [0.4, 0.5) is 11.4 Å². The van der Waals surface area contributed by atoms with Gasteiger partial charge in [0.25, 0.3) is 0 Å². The summed E-state index contributed by atoms with van der Waals surface area (Å²) < 4.78 is 0. The van der Waals surface area contributed by atoms with Crippen LogP contribution in [0.2, 0.25) is 0 Å². The first-order valence-electron chi connectivity index (χ1n) is 10.7. The molecular formula is C25H35N3. The zero-order valence-corrected chi connectivity index (χ0v) is 17.8. The molecule has 3 nitrogen and oxygen atoms in total. The van der Waals surface area contributed by atoms with Crippen LogP contribution in [-0.4, -0.2) is 20.1 Å². The van der Waals surface area contributed by atoms with Crippen molar-refractivity contribution in [2.45, 2.75) is 58.8 Å². The van der Waals surface area contributed by atoms with E-state index in [-0.39, 0.29) is 0 Å². The van der Waals surface area contributed by atoms with Crippen LogP contribution in [0.5, 0.6) is 0 Å². The summed E-state index contributed by atoms with van der Waals surface area (Å²) in [6.07, 6.45) is 7.25. The van der Waals surface area contributed by atoms with Crippen LogP contribution < -0.4 is 10.2 Å². The quantitative estimate of drug-likeness (QED) is 0.480. The number of benzene rings is 2. The van der Waals surface area contributed by atoms with Crippen LogP contribution in [0.25, 0.3) is 0 Å². The number of nitriles is 1. The molecule has 28 heavy (non-hydrogen) atoms. The molecule has 3 heteroatoms. The van der Waals surface area contributed by atoms with Crippen molar-refractivity contribution in [3.8, 4) is 6.07 Å². The van der Waals surface area contributed by atoms with E-state index in [1.54, 1.807) is 0 Å². The van der Waals surface area contributed by atoms with E-state index in [4.69, 9.17) is 5.26 Å². The fourth-order valence-electron chi connectivity index (χ4n) is 3.48. The molecule has 0 amide bonds. The van der Waals surface area contributed by atoms with Crippen LogP contribution in [0.3, 0.4) is 0 Å². The zero-order valence-electron chi connectivity index (χ0n) is 17.8. The molecule has 0 aromatic heterocycles. The molecule has 150 valence electrons. The minimum atomic E-state index is 0.566. The third-order valence-electron chi connectivity index (χ3n) is 5.23. The van der Waals surface area contributed by atoms with E-state index in [2.05, 4.69) is 72.6 Å². The van der Waals surface area contributed by atoms with Crippen LogP contribution in [0, 0.1) is 11.3 Å². The van der Waals surface area contributed by atoms with Crippen molar-refractivity contribution in [3.63, 3.8) is 0 Å². The SMILES string of the molecule is CCCCN(CCCC)c1ccc(Cc2ccc(CCC#N)cc2NC)cc1. The second-order valence-corrected chi connectivity index (χ2v) is 7.44. The first kappa shape index (κ1) is 21.8. The number of aryl methyl sites for hydroxylation is 1. The topological polar surface area (TPSA) is 39.1 Å². The summed E-state index contributed by atoms with van der Waals surface area (Å²) in [5.41, 5.74) is 6.34. The van der Waals surface area contributed by atoms with Crippen molar-refractivity contribution in [1.82, 2.24) is 0 Å². The molecule has 0 aliphatic heterocycles. The fourth-order valence-corrected chi connectivity index (χ4v) is 3.48. The molecule has 0 unspecified atom stereocenters. The highest BCUT2D eigenvalue weighted by molar-refractivity contribution is 5.55. The molecule has 0 bridgehead atoms. The number of anilines is 2. The van der Waals surface area contributed by atoms with Gasteiger partial charge in [-0.15, -0.1) is 0 Å². The monoisotopic (exact) mass is 377 g/mol. The third-order valence-corrected chi connectivity index (χ3v) is 5.23. The highest BCUT2D eigenvalue weighted by atomic mass is 15.1. The van der Waals surface area contributed by atoms with Gasteiger partial charge in [-0.25, -0.2) is 0 Å². The van der Waals surface area contributed by atoms with E-state index in [0.29, 0.717) is 6.42 Å². The number of unbranched alkanes of at least 4 members (excludes halogenated alkanes) is 2. The number of nitrogens with one attached hydrogen (secondary N) is 1. The largest absolute Gasteiger partial charge is 0.388 e. The molecule has 0 aliphatic rings. The van der Waals surface area contributed by atoms with Crippen molar-refractivity contribution in [2.75, 3.05) is 30.4 Å². The standard InChI is InChI=1S/C25H35N3/c1-4-6-17-28(18-7-5-2)24-14-11-22(12-15-24)19-23-13-10-21(9-8-16-26)20-25(23)27-3/h10-15,20,27H,4-9,17-19H2,1-3H3. The van der Waals surface area contributed by atoms with Crippen molar-refractivity contribution in [1.29, 1.82) is 5.26 Å². The Hall–Kier alpha value is -2.47. The molecular weight excluding hydrogens is 342 g/mol. The van der Waals surface area contributed by atoms with Crippen molar-refractivity contribution >= 4 is 11.4 Å². The second-order valence-electron chi connectivity index (χ2n) is 7.44. The summed E-state index contributed by atoms with van der Waals surface area (Å²) in [6, 6.07) is 17.8. The summed E-state index contributed by atoms with van der Waals surface area (Å²) in [5, 5.41) is 12.1. The summed E-state index contributed by atoms with van der Waals surface area (Å²) >= 11 is 0. The van der Waals surface area contributed by atoms with E-state index >= 15 is 0 Å². The lowest BCUT2D eigenvalue weighted by molar-refractivity contribution is 0.678. The molecule has 2 aromatic rings. The lowest BCUT2D eigenvalue weighted by Crippen LogP contribution is -2.25. The maximum absolute atomic E-state index is 8.79. The second kappa shape index (κ2) is 12.1. The Bertz CT molecular complexity index is 735. The van der Waals surface area contributed by atoms with Crippen molar-refractivity contribution < 1.29 is 0 Å². The van der Waals surface area contributed by atoms with Gasteiger partial charge in [0.05, 0.1) is 6.07 Å². The van der Waals surface area contributed by atoms with Crippen LogP contribution in [0.15, 0.2) is 42.5 Å². The molecule has 0 saturated carbocycles. The van der Waals surface area contributed by atoms with Crippen LogP contribution in [-0.2, 0) is 12.8 Å². The van der Waals surface area contributed by atoms with Gasteiger partial charge in [0, 0.05) is 37.9 Å². The van der Waals surface area contributed by atoms with Gasteiger partial charge in [0.15, 0.2) is 0 Å². The summed E-state index contributed by atoms with van der Waals surface area (Å²) in [5.74, 6) is 0. The average molecular weight is 378 g/mol. The van der Waals surface area contributed by atoms with Gasteiger partial charge >= 0.3 is 0 Å². The molecule has 0 heterocycles. The van der Waals surface area contributed by atoms with E-state index in [9.17, 15) is 0 Å². The first-order chi connectivity index (χ1) is 13.7. The Morgan fingerprint density at radius 1 is 0.929 bits per heavy atom. The molecule has 0 radical (unpaired) electrons. The Kier molecular flexibility index (Phi) is 9.42. The Morgan fingerprint density at radius 2 is 1.57 bits per heavy atom. The Labute approximate surface area is 171 Å². The highest BCUT2D eigenvalue weighted by Crippen LogP contribution is 2.23. The molecule has 0 saturated heterocycles. The summed E-state index contributed by atoms with van der Waals surface area (Å²) in [7, 11) is 1.97. The molecule has 0 fully saturated rings. The van der Waals surface area contributed by atoms with Gasteiger partial charge in [-0.1, -0.05) is 51.0 Å². The minimum Gasteiger partial charge on any atom is -0.388 e. The molecule has 0 aliphatic carbocycles. The van der Waals surface area contributed by atoms with Gasteiger partial charge in [0.1, 0.15) is 0 Å². The predicted octanol–water partition coefficient (Wildman–Crippen LogP) is 6.18. The van der Waals surface area contributed by atoms with E-state index in [1.165, 1.54) is 48.1 Å². The van der Waals surface area contributed by atoms with Gasteiger partial charge in [-0.05, 0) is 60.6 Å². The maximum Gasteiger partial charge on any atom is 0.0625 e. The highest BCUT2D eigenvalue weighted by Gasteiger charge is 2.08. The Balaban J connectivity index is 2.09. The van der Waals surface area contributed by atoms with Crippen LogP contribution >= 0.6 is 0 Å². The molecule has 0 spiro atoms. The van der Waals surface area contributed by atoms with E-state index < -0.39 is 0 Å².